The predicted molar refractivity (Wildman–Crippen MR) is 252 cm³/mol. The van der Waals surface area contributed by atoms with Crippen LogP contribution in [0.5, 0.6) is 0 Å². The molecule has 1 fully saturated rings. The molecular weight excluding hydrogens is 703 g/mol. The molecule has 302 valence electrons. The number of hydrogen-bond acceptors (Lipinski definition) is 2. The van der Waals surface area contributed by atoms with Crippen LogP contribution in [-0.2, 0) is 10.8 Å². The van der Waals surface area contributed by atoms with E-state index in [1.54, 1.807) is 0 Å². The van der Waals surface area contributed by atoms with E-state index in [4.69, 9.17) is 0 Å². The van der Waals surface area contributed by atoms with Crippen molar-refractivity contribution in [1.29, 1.82) is 0 Å². The Labute approximate surface area is 351 Å². The Morgan fingerprint density at radius 2 is 1.12 bits per heavy atom. The van der Waals surface area contributed by atoms with Crippen molar-refractivity contribution in [3.05, 3.63) is 166 Å². The highest BCUT2D eigenvalue weighted by molar-refractivity contribution is 6.17. The van der Waals surface area contributed by atoms with Gasteiger partial charge in [-0.05, 0) is 68.5 Å². The number of para-hydroxylation sites is 2. The lowest BCUT2D eigenvalue weighted by molar-refractivity contribution is 0.554. The molecule has 3 heteroatoms. The summed E-state index contributed by atoms with van der Waals surface area (Å²) in [4.78, 5) is 2.66. The monoisotopic (exact) mass is 771 g/mol. The normalized spacial score (nSPS) is 19.4. The van der Waals surface area contributed by atoms with Crippen molar-refractivity contribution in [2.75, 3.05) is 16.8 Å². The van der Waals surface area contributed by atoms with Crippen molar-refractivity contribution in [3.63, 3.8) is 0 Å². The summed E-state index contributed by atoms with van der Waals surface area (Å²) < 4.78 is 2.49. The van der Waals surface area contributed by atoms with Gasteiger partial charge in [0.1, 0.15) is 0 Å². The van der Waals surface area contributed by atoms with Gasteiger partial charge in [0.05, 0.1) is 0 Å². The third-order valence-electron chi connectivity index (χ3n) is 13.0. The Kier molecular flexibility index (Phi) is 13.1. The number of nitrogens with one attached hydrogen (secondary N) is 1. The quantitative estimate of drug-likeness (QED) is 0.0958. The zero-order chi connectivity index (χ0) is 40.7. The molecule has 0 radical (unpaired) electrons. The van der Waals surface area contributed by atoms with Crippen LogP contribution in [0.1, 0.15) is 134 Å². The Morgan fingerprint density at radius 3 is 1.72 bits per heavy atom. The second kappa shape index (κ2) is 18.4. The van der Waals surface area contributed by atoms with Gasteiger partial charge in [-0.25, -0.2) is 0 Å². The second-order valence-corrected chi connectivity index (χ2v) is 18.1. The molecule has 3 aliphatic rings. The van der Waals surface area contributed by atoms with E-state index in [0.29, 0.717) is 0 Å². The molecule has 1 N–H and O–H groups in total. The van der Waals surface area contributed by atoms with Gasteiger partial charge in [-0.2, -0.15) is 4.58 Å². The minimum Gasteiger partial charge on any atom is -0.358 e. The number of unbranched alkanes of at least 4 members (excludes halogenated alkanes) is 9. The summed E-state index contributed by atoms with van der Waals surface area (Å²) in [6.45, 7) is 17.3. The number of hydrogen-bond donors (Lipinski definition) is 1. The van der Waals surface area contributed by atoms with Gasteiger partial charge >= 0.3 is 0 Å². The van der Waals surface area contributed by atoms with Crippen molar-refractivity contribution < 1.29 is 0 Å². The van der Waals surface area contributed by atoms with Crippen LogP contribution in [0.25, 0.3) is 0 Å². The zero-order valence-electron chi connectivity index (χ0n) is 36.6. The summed E-state index contributed by atoms with van der Waals surface area (Å²) in [7, 11) is 0. The second-order valence-electron chi connectivity index (χ2n) is 18.1. The number of fused-ring (bicyclic) bond motifs is 2. The smallest absolute Gasteiger partial charge is 0.218 e. The highest BCUT2D eigenvalue weighted by Crippen LogP contribution is 2.49. The van der Waals surface area contributed by atoms with Crippen molar-refractivity contribution >= 4 is 28.5 Å². The van der Waals surface area contributed by atoms with Crippen LogP contribution in [0.15, 0.2) is 144 Å². The summed E-state index contributed by atoms with van der Waals surface area (Å²) in [5.41, 5.74) is 16.9. The maximum Gasteiger partial charge on any atom is 0.218 e. The standard InChI is InChI=1S/C55H67N3/c1-8-9-10-11-12-13-14-15-16-23-38-57-50-35-29-42(3)40-48(50)55(6,7)52(57)37-33-44-31-30-43(32-36-51-54(4,5)47-39-41(2)28-34-49(47)56-51)53(44)58(45-24-19-17-20-25-45)46-26-21-18-22-27-46/h17-22,24-29,32-37,39-40H,8-16,23,30-31,38H2,1-7H3/p+1/b44-33+,52-37+. The third-order valence-corrected chi connectivity index (χ3v) is 13.0. The lowest BCUT2D eigenvalue weighted by Crippen LogP contribution is -2.27. The summed E-state index contributed by atoms with van der Waals surface area (Å²) in [6, 6.07) is 35.8. The van der Waals surface area contributed by atoms with Gasteiger partial charge in [0, 0.05) is 75.6 Å². The Balaban J connectivity index is 1.25. The molecule has 2 aliphatic heterocycles. The minimum atomic E-state index is -0.0993. The molecule has 0 amide bonds. The maximum absolute atomic E-state index is 3.79. The first-order chi connectivity index (χ1) is 28.1. The van der Waals surface area contributed by atoms with Crippen LogP contribution >= 0.6 is 0 Å². The van der Waals surface area contributed by atoms with Gasteiger partial charge in [-0.15, -0.1) is 0 Å². The van der Waals surface area contributed by atoms with E-state index in [2.05, 4.69) is 185 Å². The molecule has 4 aromatic rings. The van der Waals surface area contributed by atoms with Gasteiger partial charge in [0.25, 0.3) is 0 Å². The predicted octanol–water partition coefficient (Wildman–Crippen LogP) is 15.1. The molecule has 0 spiro atoms. The van der Waals surface area contributed by atoms with E-state index in [1.807, 2.05) is 0 Å². The molecule has 0 bridgehead atoms. The first-order valence-corrected chi connectivity index (χ1v) is 22.5. The molecule has 0 aromatic heterocycles. The number of rotatable bonds is 15. The maximum atomic E-state index is 3.79. The average Bonchev–Trinajstić information content (AvgIpc) is 3.80. The summed E-state index contributed by atoms with van der Waals surface area (Å²) >= 11 is 0. The van der Waals surface area contributed by atoms with Crippen molar-refractivity contribution in [2.45, 2.75) is 136 Å². The van der Waals surface area contributed by atoms with Crippen LogP contribution < -0.4 is 14.8 Å². The largest absolute Gasteiger partial charge is 0.358 e. The number of nitrogens with zero attached hydrogens (tertiary/aromatic N) is 2. The molecule has 2 heterocycles. The van der Waals surface area contributed by atoms with E-state index in [9.17, 15) is 0 Å². The summed E-state index contributed by atoms with van der Waals surface area (Å²) in [5, 5.41) is 3.79. The zero-order valence-corrected chi connectivity index (χ0v) is 36.6. The van der Waals surface area contributed by atoms with Crippen LogP contribution in [0, 0.1) is 13.8 Å². The molecular formula is C55H68N3+. The SMILES string of the molecule is CCCCCCCCCCCCN1/C(=C/C=C2\CC/C(=C\C=C3\Nc4ccc(C)cc4C3(C)C)C2=[N+](c2ccccc2)c2ccccc2)C(C)(C)c2cc(C)ccc21. The van der Waals surface area contributed by atoms with Gasteiger partial charge in [-0.1, -0.05) is 176 Å². The fourth-order valence-electron chi connectivity index (χ4n) is 9.52. The molecule has 7 rings (SSSR count). The van der Waals surface area contributed by atoms with Crippen LogP contribution in [0.3, 0.4) is 0 Å². The van der Waals surface area contributed by atoms with Gasteiger partial charge < -0.3 is 10.2 Å². The van der Waals surface area contributed by atoms with E-state index in [1.165, 1.54) is 137 Å². The molecule has 1 saturated carbocycles. The molecule has 3 nitrogen and oxygen atoms in total. The van der Waals surface area contributed by atoms with Gasteiger partial charge in [-0.3, -0.25) is 0 Å². The van der Waals surface area contributed by atoms with Gasteiger partial charge in [0.15, 0.2) is 0 Å². The van der Waals surface area contributed by atoms with E-state index >= 15 is 0 Å². The average molecular weight is 771 g/mol. The van der Waals surface area contributed by atoms with Gasteiger partial charge in [0.2, 0.25) is 17.1 Å². The molecule has 0 atom stereocenters. The molecule has 0 unspecified atom stereocenters. The first kappa shape index (κ1) is 41.3. The fourth-order valence-corrected chi connectivity index (χ4v) is 9.52. The number of allylic oxidation sites excluding steroid dienone is 8. The Hall–Kier alpha value is -4.89. The van der Waals surface area contributed by atoms with Crippen LogP contribution in [0.4, 0.5) is 22.7 Å². The van der Waals surface area contributed by atoms with E-state index < -0.39 is 0 Å². The van der Waals surface area contributed by atoms with Crippen molar-refractivity contribution in [2.24, 2.45) is 0 Å². The van der Waals surface area contributed by atoms with Crippen LogP contribution in [0.2, 0.25) is 0 Å². The van der Waals surface area contributed by atoms with Crippen LogP contribution in [-0.4, -0.2) is 12.3 Å². The molecule has 58 heavy (non-hydrogen) atoms. The fraction of sp³-hybridized carbons (Fsp3) is 0.400. The highest BCUT2D eigenvalue weighted by Gasteiger charge is 2.40. The summed E-state index contributed by atoms with van der Waals surface area (Å²) in [5.74, 6) is 0. The molecule has 1 aliphatic carbocycles. The third kappa shape index (κ3) is 8.90. The lowest BCUT2D eigenvalue weighted by Gasteiger charge is -2.27. The minimum absolute atomic E-state index is 0.0929. The highest BCUT2D eigenvalue weighted by atomic mass is 15.2. The number of aryl methyl sites for hydroxylation is 2. The molecule has 4 aromatic carbocycles. The summed E-state index contributed by atoms with van der Waals surface area (Å²) in [6.07, 6.45) is 25.2. The molecule has 0 saturated heterocycles. The van der Waals surface area contributed by atoms with Crippen molar-refractivity contribution in [3.8, 4) is 0 Å². The topological polar surface area (TPSA) is 18.3 Å². The first-order valence-electron chi connectivity index (χ1n) is 22.5. The van der Waals surface area contributed by atoms with E-state index in [-0.39, 0.29) is 10.8 Å². The number of benzene rings is 4. The lowest BCUT2D eigenvalue weighted by atomic mass is 9.83. The number of anilines is 2. The Bertz CT molecular complexity index is 2170. The Morgan fingerprint density at radius 1 is 0.586 bits per heavy atom. The van der Waals surface area contributed by atoms with Crippen molar-refractivity contribution in [1.82, 2.24) is 4.58 Å². The van der Waals surface area contributed by atoms with E-state index in [0.717, 1.165) is 19.4 Å².